The molecule has 2 aliphatic heterocycles. The summed E-state index contributed by atoms with van der Waals surface area (Å²) >= 11 is 1.34. The minimum atomic E-state index is -2.99. The molecule has 2 atom stereocenters. The molecule has 1 aromatic carbocycles. The van der Waals surface area contributed by atoms with E-state index in [1.54, 1.807) is 12.0 Å². The summed E-state index contributed by atoms with van der Waals surface area (Å²) in [6.07, 6.45) is 0. The van der Waals surface area contributed by atoms with Gasteiger partial charge in [-0.3, -0.25) is 5.41 Å². The zero-order valence-electron chi connectivity index (χ0n) is 10.4. The predicted octanol–water partition coefficient (Wildman–Crippen LogP) is 1.35. The van der Waals surface area contributed by atoms with Gasteiger partial charge in [-0.05, 0) is 12.1 Å². The van der Waals surface area contributed by atoms with Crippen LogP contribution in [-0.4, -0.2) is 43.5 Å². The van der Waals surface area contributed by atoms with Gasteiger partial charge in [-0.2, -0.15) is 0 Å². The van der Waals surface area contributed by atoms with Crippen molar-refractivity contribution < 1.29 is 13.2 Å². The number of ether oxygens (including phenoxy) is 1. The lowest BCUT2D eigenvalue weighted by Crippen LogP contribution is -2.37. The second-order valence-electron chi connectivity index (χ2n) is 4.65. The topological polar surface area (TPSA) is 70.5 Å². The van der Waals surface area contributed by atoms with E-state index in [9.17, 15) is 8.42 Å². The number of rotatable bonds is 2. The van der Waals surface area contributed by atoms with Gasteiger partial charge >= 0.3 is 0 Å². The number of nitrogens with one attached hydrogen (secondary N) is 1. The van der Waals surface area contributed by atoms with Crippen LogP contribution in [0.1, 0.15) is 0 Å². The minimum Gasteiger partial charge on any atom is -0.495 e. The van der Waals surface area contributed by atoms with Gasteiger partial charge in [0.2, 0.25) is 0 Å². The summed E-state index contributed by atoms with van der Waals surface area (Å²) in [5.74, 6) is 0.944. The number of amidine groups is 1. The maximum Gasteiger partial charge on any atom is 0.161 e. The number of hydrogen-bond donors (Lipinski definition) is 1. The Hall–Kier alpha value is -1.21. The molecule has 0 unspecified atom stereocenters. The second-order valence-corrected chi connectivity index (χ2v) is 8.03. The summed E-state index contributed by atoms with van der Waals surface area (Å²) in [7, 11) is -1.41. The number of thioether (sulfide) groups is 1. The van der Waals surface area contributed by atoms with Crippen LogP contribution >= 0.6 is 11.8 Å². The first-order valence-electron chi connectivity index (χ1n) is 5.90. The number of hydrogen-bond acceptors (Lipinski definition) is 5. The maximum atomic E-state index is 11.7. The summed E-state index contributed by atoms with van der Waals surface area (Å²) < 4.78 is 28.8. The molecule has 0 bridgehead atoms. The first-order valence-corrected chi connectivity index (χ1v) is 8.60. The molecule has 0 amide bonds. The summed E-state index contributed by atoms with van der Waals surface area (Å²) in [4.78, 5) is 1.79. The third-order valence-electron chi connectivity index (χ3n) is 3.43. The van der Waals surface area contributed by atoms with E-state index < -0.39 is 9.84 Å². The van der Waals surface area contributed by atoms with Crippen LogP contribution < -0.4 is 9.64 Å². The first kappa shape index (κ1) is 12.8. The van der Waals surface area contributed by atoms with E-state index in [2.05, 4.69) is 0 Å². The van der Waals surface area contributed by atoms with E-state index in [4.69, 9.17) is 10.1 Å². The fourth-order valence-corrected chi connectivity index (χ4v) is 6.40. The molecule has 2 fully saturated rings. The quantitative estimate of drug-likeness (QED) is 0.892. The molecule has 0 aliphatic carbocycles. The van der Waals surface area contributed by atoms with Gasteiger partial charge in [0.05, 0.1) is 30.3 Å². The molecule has 19 heavy (non-hydrogen) atoms. The summed E-state index contributed by atoms with van der Waals surface area (Å²) in [6.45, 7) is 0. The molecular weight excluding hydrogens is 284 g/mol. The molecule has 0 aromatic heterocycles. The van der Waals surface area contributed by atoms with Gasteiger partial charge in [-0.25, -0.2) is 8.42 Å². The molecule has 0 saturated carbocycles. The number of benzene rings is 1. The normalized spacial score (nSPS) is 28.5. The van der Waals surface area contributed by atoms with E-state index in [0.29, 0.717) is 10.9 Å². The number of para-hydroxylation sites is 2. The summed E-state index contributed by atoms with van der Waals surface area (Å²) in [5.41, 5.74) is 0.770. The molecule has 2 heterocycles. The standard InChI is InChI=1S/C12H14N2O3S2/c1-17-10-5-3-2-4-8(10)14-9-6-19(15,16)7-11(9)18-12(14)13/h2-5,9,11,13H,6-7H2,1H3/t9-,11+/m0/s1. The Balaban J connectivity index is 2.02. The molecule has 2 saturated heterocycles. The van der Waals surface area contributed by atoms with Crippen LogP contribution in [0.3, 0.4) is 0 Å². The summed E-state index contributed by atoms with van der Waals surface area (Å²) in [6, 6.07) is 7.26. The van der Waals surface area contributed by atoms with Crippen LogP contribution in [0.4, 0.5) is 5.69 Å². The van der Waals surface area contributed by atoms with Crippen LogP contribution in [0.25, 0.3) is 0 Å². The minimum absolute atomic E-state index is 0.0394. The van der Waals surface area contributed by atoms with Crippen molar-refractivity contribution in [2.24, 2.45) is 0 Å². The van der Waals surface area contributed by atoms with Crippen LogP contribution in [0.5, 0.6) is 5.75 Å². The van der Waals surface area contributed by atoms with Crippen LogP contribution in [0.2, 0.25) is 0 Å². The average molecular weight is 298 g/mol. The monoisotopic (exact) mass is 298 g/mol. The molecule has 5 nitrogen and oxygen atoms in total. The number of anilines is 1. The van der Waals surface area contributed by atoms with Gasteiger partial charge in [-0.15, -0.1) is 0 Å². The molecule has 1 N–H and O–H groups in total. The Morgan fingerprint density at radius 3 is 2.84 bits per heavy atom. The van der Waals surface area contributed by atoms with E-state index in [-0.39, 0.29) is 22.8 Å². The Labute approximate surface area is 116 Å². The largest absolute Gasteiger partial charge is 0.495 e. The maximum absolute atomic E-state index is 11.7. The van der Waals surface area contributed by atoms with Gasteiger partial charge < -0.3 is 9.64 Å². The van der Waals surface area contributed by atoms with Crippen molar-refractivity contribution in [3.8, 4) is 5.75 Å². The molecule has 0 radical (unpaired) electrons. The van der Waals surface area contributed by atoms with Gasteiger partial charge in [-0.1, -0.05) is 23.9 Å². The van der Waals surface area contributed by atoms with Crippen molar-refractivity contribution in [1.82, 2.24) is 0 Å². The van der Waals surface area contributed by atoms with Crippen molar-refractivity contribution in [2.75, 3.05) is 23.5 Å². The van der Waals surface area contributed by atoms with E-state index in [0.717, 1.165) is 5.69 Å². The molecule has 0 spiro atoms. The lowest BCUT2D eigenvalue weighted by molar-refractivity contribution is 0.415. The Morgan fingerprint density at radius 1 is 1.37 bits per heavy atom. The number of methoxy groups -OCH3 is 1. The van der Waals surface area contributed by atoms with Gasteiger partial charge in [0, 0.05) is 5.25 Å². The third kappa shape index (κ3) is 2.10. The highest BCUT2D eigenvalue weighted by Gasteiger charge is 2.49. The van der Waals surface area contributed by atoms with Crippen molar-refractivity contribution in [3.05, 3.63) is 24.3 Å². The van der Waals surface area contributed by atoms with E-state index in [1.807, 2.05) is 24.3 Å². The lowest BCUT2D eigenvalue weighted by Gasteiger charge is -2.25. The number of sulfone groups is 1. The fraction of sp³-hybridized carbons (Fsp3) is 0.417. The smallest absolute Gasteiger partial charge is 0.161 e. The van der Waals surface area contributed by atoms with Crippen LogP contribution in [0, 0.1) is 5.41 Å². The highest BCUT2D eigenvalue weighted by molar-refractivity contribution is 8.15. The van der Waals surface area contributed by atoms with Crippen molar-refractivity contribution in [2.45, 2.75) is 11.3 Å². The van der Waals surface area contributed by atoms with Crippen molar-refractivity contribution >= 4 is 32.5 Å². The second kappa shape index (κ2) is 4.42. The Kier molecular flexibility index (Phi) is 2.98. The highest BCUT2D eigenvalue weighted by Crippen LogP contribution is 2.42. The molecule has 1 aromatic rings. The molecule has 102 valence electrons. The lowest BCUT2D eigenvalue weighted by atomic mass is 10.2. The predicted molar refractivity (Wildman–Crippen MR) is 77.0 cm³/mol. The number of fused-ring (bicyclic) bond motifs is 1. The van der Waals surface area contributed by atoms with Gasteiger partial charge in [0.15, 0.2) is 15.0 Å². The third-order valence-corrected chi connectivity index (χ3v) is 6.56. The first-order chi connectivity index (χ1) is 9.02. The molecule has 3 rings (SSSR count). The molecular formula is C12H14N2O3S2. The van der Waals surface area contributed by atoms with Crippen LogP contribution in [-0.2, 0) is 9.84 Å². The SMILES string of the molecule is COc1ccccc1N1C(=N)S[C@@H]2CS(=O)(=O)C[C@@H]21. The zero-order chi connectivity index (χ0) is 13.6. The zero-order valence-corrected chi connectivity index (χ0v) is 12.0. The van der Waals surface area contributed by atoms with Crippen molar-refractivity contribution in [3.63, 3.8) is 0 Å². The van der Waals surface area contributed by atoms with Crippen LogP contribution in [0.15, 0.2) is 24.3 Å². The van der Waals surface area contributed by atoms with Gasteiger partial charge in [0.25, 0.3) is 0 Å². The van der Waals surface area contributed by atoms with Crippen molar-refractivity contribution in [1.29, 1.82) is 5.41 Å². The Bertz CT molecular complexity index is 630. The summed E-state index contributed by atoms with van der Waals surface area (Å²) in [5, 5.41) is 8.44. The van der Waals surface area contributed by atoms with Gasteiger partial charge in [0.1, 0.15) is 5.75 Å². The number of nitrogens with zero attached hydrogens (tertiary/aromatic N) is 1. The fourth-order valence-electron chi connectivity index (χ4n) is 2.62. The molecule has 7 heteroatoms. The Morgan fingerprint density at radius 2 is 2.11 bits per heavy atom. The average Bonchev–Trinajstić information content (AvgIpc) is 2.79. The molecule has 2 aliphatic rings. The van der Waals surface area contributed by atoms with E-state index >= 15 is 0 Å². The highest BCUT2D eigenvalue weighted by atomic mass is 32.2. The van der Waals surface area contributed by atoms with E-state index in [1.165, 1.54) is 11.8 Å².